The van der Waals surface area contributed by atoms with Gasteiger partial charge in [0.2, 0.25) is 0 Å². The van der Waals surface area contributed by atoms with E-state index in [0.717, 1.165) is 30.5 Å². The van der Waals surface area contributed by atoms with Crippen molar-refractivity contribution < 1.29 is 13.9 Å². The molecule has 0 aliphatic carbocycles. The Balaban J connectivity index is 1.62. The molecule has 0 unspecified atom stereocenters. The van der Waals surface area contributed by atoms with E-state index in [0.29, 0.717) is 30.2 Å². The molecule has 1 saturated heterocycles. The van der Waals surface area contributed by atoms with Crippen LogP contribution in [0.4, 0.5) is 4.39 Å². The Morgan fingerprint density at radius 1 is 1.12 bits per heavy atom. The van der Waals surface area contributed by atoms with Crippen molar-refractivity contribution in [1.82, 2.24) is 9.80 Å². The normalized spacial score (nSPS) is 15.2. The maximum Gasteiger partial charge on any atom is 0.255 e. The number of halogens is 3. The Morgan fingerprint density at radius 3 is 2.50 bits per heavy atom. The highest BCUT2D eigenvalue weighted by atomic mass is 35.5. The fourth-order valence-corrected chi connectivity index (χ4v) is 3.50. The summed E-state index contributed by atoms with van der Waals surface area (Å²) in [5.74, 6) is 0.174. The molecule has 7 heteroatoms. The van der Waals surface area contributed by atoms with Gasteiger partial charge in [-0.1, -0.05) is 23.2 Å². The third kappa shape index (κ3) is 4.29. The number of piperazine rings is 1. The summed E-state index contributed by atoms with van der Waals surface area (Å²) < 4.78 is 18.6. The van der Waals surface area contributed by atoms with Crippen LogP contribution in [0.3, 0.4) is 0 Å². The van der Waals surface area contributed by atoms with E-state index >= 15 is 0 Å². The van der Waals surface area contributed by atoms with Crippen molar-refractivity contribution in [3.05, 3.63) is 63.4 Å². The fourth-order valence-electron chi connectivity index (χ4n) is 3.05. The number of hydrogen-bond acceptors (Lipinski definition) is 3. The van der Waals surface area contributed by atoms with Gasteiger partial charge in [-0.2, -0.15) is 0 Å². The third-order valence-electron chi connectivity index (χ3n) is 4.46. The van der Waals surface area contributed by atoms with Crippen LogP contribution in [0.5, 0.6) is 5.75 Å². The number of carbonyl (C=O) groups is 1. The molecule has 2 aromatic rings. The van der Waals surface area contributed by atoms with Crippen molar-refractivity contribution in [3.63, 3.8) is 0 Å². The van der Waals surface area contributed by atoms with Gasteiger partial charge in [0.05, 0.1) is 17.7 Å². The molecule has 0 N–H and O–H groups in total. The van der Waals surface area contributed by atoms with E-state index < -0.39 is 5.82 Å². The summed E-state index contributed by atoms with van der Waals surface area (Å²) in [6.07, 6.45) is 0. The molecular formula is C19H19Cl2FN2O2. The maximum absolute atomic E-state index is 13.2. The SMILES string of the molecule is COc1ccc(Cl)cc1CN1CCN(C(=O)c2ccc(F)cc2Cl)CC1. The van der Waals surface area contributed by atoms with Crippen LogP contribution in [-0.4, -0.2) is 49.0 Å². The molecule has 138 valence electrons. The summed E-state index contributed by atoms with van der Waals surface area (Å²) >= 11 is 12.1. The highest BCUT2D eigenvalue weighted by Crippen LogP contribution is 2.25. The van der Waals surface area contributed by atoms with E-state index in [4.69, 9.17) is 27.9 Å². The number of nitrogens with zero attached hydrogens (tertiary/aromatic N) is 2. The lowest BCUT2D eigenvalue weighted by Crippen LogP contribution is -2.48. The van der Waals surface area contributed by atoms with Gasteiger partial charge in [0, 0.05) is 43.3 Å². The average Bonchev–Trinajstić information content (AvgIpc) is 2.62. The Bertz CT molecular complexity index is 808. The van der Waals surface area contributed by atoms with Crippen molar-refractivity contribution in [2.24, 2.45) is 0 Å². The molecule has 1 heterocycles. The predicted octanol–water partition coefficient (Wildman–Crippen LogP) is 4.10. The quantitative estimate of drug-likeness (QED) is 0.779. The Morgan fingerprint density at radius 2 is 1.85 bits per heavy atom. The molecule has 26 heavy (non-hydrogen) atoms. The van der Waals surface area contributed by atoms with Crippen LogP contribution in [0.1, 0.15) is 15.9 Å². The van der Waals surface area contributed by atoms with E-state index in [1.165, 1.54) is 12.1 Å². The van der Waals surface area contributed by atoms with Gasteiger partial charge in [0.15, 0.2) is 0 Å². The predicted molar refractivity (Wildman–Crippen MR) is 101 cm³/mol. The molecule has 1 aliphatic heterocycles. The van der Waals surface area contributed by atoms with Gasteiger partial charge in [-0.15, -0.1) is 0 Å². The Kier molecular flexibility index (Phi) is 6.01. The van der Waals surface area contributed by atoms with Crippen molar-refractivity contribution in [2.75, 3.05) is 33.3 Å². The molecular weight excluding hydrogens is 378 g/mol. The van der Waals surface area contributed by atoms with Crippen LogP contribution < -0.4 is 4.74 Å². The summed E-state index contributed by atoms with van der Waals surface area (Å²) in [6, 6.07) is 9.40. The lowest BCUT2D eigenvalue weighted by atomic mass is 10.1. The van der Waals surface area contributed by atoms with Gasteiger partial charge in [0.25, 0.3) is 5.91 Å². The zero-order valence-electron chi connectivity index (χ0n) is 14.3. The molecule has 1 amide bonds. The van der Waals surface area contributed by atoms with Crippen LogP contribution in [0, 0.1) is 5.82 Å². The number of amides is 1. The lowest BCUT2D eigenvalue weighted by Gasteiger charge is -2.35. The zero-order chi connectivity index (χ0) is 18.7. The number of benzene rings is 2. The van der Waals surface area contributed by atoms with Crippen LogP contribution in [0.15, 0.2) is 36.4 Å². The molecule has 0 spiro atoms. The van der Waals surface area contributed by atoms with Gasteiger partial charge in [0.1, 0.15) is 11.6 Å². The minimum atomic E-state index is -0.452. The minimum absolute atomic E-state index is 0.140. The smallest absolute Gasteiger partial charge is 0.255 e. The van der Waals surface area contributed by atoms with Gasteiger partial charge < -0.3 is 9.64 Å². The monoisotopic (exact) mass is 396 g/mol. The fraction of sp³-hybridized carbons (Fsp3) is 0.316. The Hall–Kier alpha value is -1.82. The largest absolute Gasteiger partial charge is 0.496 e. The van der Waals surface area contributed by atoms with Crippen LogP contribution in [0.25, 0.3) is 0 Å². The molecule has 0 atom stereocenters. The first-order valence-electron chi connectivity index (χ1n) is 8.27. The van der Waals surface area contributed by atoms with Crippen molar-refractivity contribution in [3.8, 4) is 5.75 Å². The van der Waals surface area contributed by atoms with Gasteiger partial charge in [-0.3, -0.25) is 9.69 Å². The standard InChI is InChI=1S/C19H19Cl2FN2O2/c1-26-18-5-2-14(20)10-13(18)12-23-6-8-24(9-7-23)19(25)16-4-3-15(22)11-17(16)21/h2-5,10-11H,6-9,12H2,1H3. The molecule has 0 aromatic heterocycles. The highest BCUT2D eigenvalue weighted by molar-refractivity contribution is 6.33. The van der Waals surface area contributed by atoms with E-state index in [-0.39, 0.29) is 10.9 Å². The molecule has 0 saturated carbocycles. The van der Waals surface area contributed by atoms with E-state index in [2.05, 4.69) is 4.90 Å². The van der Waals surface area contributed by atoms with Crippen molar-refractivity contribution in [1.29, 1.82) is 0 Å². The van der Waals surface area contributed by atoms with Crippen LogP contribution in [-0.2, 0) is 6.54 Å². The average molecular weight is 397 g/mol. The molecule has 1 fully saturated rings. The molecule has 0 bridgehead atoms. The third-order valence-corrected chi connectivity index (χ3v) is 5.01. The number of carbonyl (C=O) groups excluding carboxylic acids is 1. The zero-order valence-corrected chi connectivity index (χ0v) is 15.9. The van der Waals surface area contributed by atoms with E-state index in [1.807, 2.05) is 12.1 Å². The second-order valence-electron chi connectivity index (χ2n) is 6.15. The topological polar surface area (TPSA) is 32.8 Å². The molecule has 1 aliphatic rings. The Labute approximate surface area is 162 Å². The summed E-state index contributed by atoms with van der Waals surface area (Å²) in [7, 11) is 1.63. The van der Waals surface area contributed by atoms with Crippen molar-refractivity contribution in [2.45, 2.75) is 6.54 Å². The summed E-state index contributed by atoms with van der Waals surface area (Å²) in [4.78, 5) is 16.6. The second-order valence-corrected chi connectivity index (χ2v) is 6.99. The van der Waals surface area contributed by atoms with Crippen molar-refractivity contribution >= 4 is 29.1 Å². The number of ether oxygens (including phenoxy) is 1. The van der Waals surface area contributed by atoms with Gasteiger partial charge >= 0.3 is 0 Å². The first kappa shape index (κ1) is 19.0. The molecule has 0 radical (unpaired) electrons. The van der Waals surface area contributed by atoms with Crippen LogP contribution in [0.2, 0.25) is 10.0 Å². The van der Waals surface area contributed by atoms with Gasteiger partial charge in [-0.05, 0) is 36.4 Å². The van der Waals surface area contributed by atoms with E-state index in [9.17, 15) is 9.18 Å². The number of hydrogen-bond donors (Lipinski definition) is 0. The highest BCUT2D eigenvalue weighted by Gasteiger charge is 2.24. The summed E-state index contributed by atoms with van der Waals surface area (Å²) in [5.41, 5.74) is 1.35. The molecule has 4 nitrogen and oxygen atoms in total. The summed E-state index contributed by atoms with van der Waals surface area (Å²) in [5, 5.41) is 0.807. The van der Waals surface area contributed by atoms with Gasteiger partial charge in [-0.25, -0.2) is 4.39 Å². The van der Waals surface area contributed by atoms with E-state index in [1.54, 1.807) is 18.1 Å². The lowest BCUT2D eigenvalue weighted by molar-refractivity contribution is 0.0627. The van der Waals surface area contributed by atoms with Crippen LogP contribution >= 0.6 is 23.2 Å². The molecule has 3 rings (SSSR count). The number of rotatable bonds is 4. The first-order chi connectivity index (χ1) is 12.5. The summed E-state index contributed by atoms with van der Waals surface area (Å²) in [6.45, 7) is 3.30. The number of methoxy groups -OCH3 is 1. The molecule has 2 aromatic carbocycles. The second kappa shape index (κ2) is 8.25. The minimum Gasteiger partial charge on any atom is -0.496 e. The first-order valence-corrected chi connectivity index (χ1v) is 9.02. The maximum atomic E-state index is 13.2.